The first-order chi connectivity index (χ1) is 15.9. The van der Waals surface area contributed by atoms with Gasteiger partial charge in [-0.1, -0.05) is 75.3 Å². The highest BCUT2D eigenvalue weighted by Crippen LogP contribution is 2.23. The minimum Gasteiger partial charge on any atom is -0.481 e. The average molecular weight is 460 g/mol. The molecule has 1 fully saturated rings. The second kappa shape index (κ2) is 14.4. The summed E-state index contributed by atoms with van der Waals surface area (Å²) in [5.41, 5.74) is 1.05. The van der Waals surface area contributed by atoms with E-state index in [4.69, 9.17) is 4.74 Å². The Morgan fingerprint density at radius 1 is 0.939 bits per heavy atom. The molecule has 1 aromatic rings. The molecule has 0 radical (unpaired) electrons. The number of amides is 1. The molecular weight excluding hydrogens is 422 g/mol. The monoisotopic (exact) mass is 459 g/mol. The van der Waals surface area contributed by atoms with Gasteiger partial charge in [0.15, 0.2) is 0 Å². The van der Waals surface area contributed by atoms with Crippen LogP contribution in [0.2, 0.25) is 0 Å². The molecule has 0 unspecified atom stereocenters. The fourth-order valence-corrected chi connectivity index (χ4v) is 4.46. The van der Waals surface area contributed by atoms with E-state index < -0.39 is 36.2 Å². The Bertz CT molecular complexity index is 778. The lowest BCUT2D eigenvalue weighted by atomic mass is 9.84. The minimum absolute atomic E-state index is 0.0954. The van der Waals surface area contributed by atoms with Crippen LogP contribution in [0.5, 0.6) is 0 Å². The highest BCUT2D eigenvalue weighted by atomic mass is 16.5. The number of carbonyl (C=O) groups excluding carboxylic acids is 3. The Kier molecular flexibility index (Phi) is 11.6. The topological polar surface area (TPSA) is 110 Å². The Labute approximate surface area is 196 Å². The van der Waals surface area contributed by atoms with Crippen molar-refractivity contribution in [3.8, 4) is 0 Å². The fourth-order valence-electron chi connectivity index (χ4n) is 4.46. The number of rotatable bonds is 5. The third-order valence-electron chi connectivity index (χ3n) is 6.37. The SMILES string of the molecule is COC(=O)[C@@H]1CCCCCCCCC[C@@H](Cc2ccccc2)C(=O)C[C@@H](CC(=O)O)C(=O)N1. The zero-order valence-electron chi connectivity index (χ0n) is 19.6. The maximum Gasteiger partial charge on any atom is 0.328 e. The fraction of sp³-hybridized carbons (Fsp3) is 0.615. The highest BCUT2D eigenvalue weighted by molar-refractivity contribution is 5.92. The molecule has 1 aliphatic rings. The van der Waals surface area contributed by atoms with Crippen molar-refractivity contribution in [2.24, 2.45) is 11.8 Å². The Balaban J connectivity index is 2.21. The van der Waals surface area contributed by atoms with Crippen LogP contribution < -0.4 is 5.32 Å². The van der Waals surface area contributed by atoms with Crippen molar-refractivity contribution in [2.45, 2.75) is 83.1 Å². The van der Waals surface area contributed by atoms with Gasteiger partial charge in [-0.3, -0.25) is 14.4 Å². The number of carboxylic acid groups (broad SMARTS) is 1. The average Bonchev–Trinajstić information content (AvgIpc) is 2.80. The summed E-state index contributed by atoms with van der Waals surface area (Å²) in [6.07, 6.45) is 8.08. The van der Waals surface area contributed by atoms with Crippen LogP contribution in [-0.4, -0.2) is 41.9 Å². The number of esters is 1. The molecule has 1 amide bonds. The van der Waals surface area contributed by atoms with E-state index in [-0.39, 0.29) is 18.1 Å². The van der Waals surface area contributed by atoms with Crippen LogP contribution >= 0.6 is 0 Å². The van der Waals surface area contributed by atoms with Crippen molar-refractivity contribution >= 4 is 23.6 Å². The van der Waals surface area contributed by atoms with Gasteiger partial charge < -0.3 is 15.2 Å². The smallest absolute Gasteiger partial charge is 0.328 e. The first-order valence-corrected chi connectivity index (χ1v) is 12.1. The van der Waals surface area contributed by atoms with E-state index in [0.717, 1.165) is 56.9 Å². The number of aliphatic carboxylic acids is 1. The van der Waals surface area contributed by atoms with Gasteiger partial charge in [-0.25, -0.2) is 4.79 Å². The largest absolute Gasteiger partial charge is 0.481 e. The molecule has 7 heteroatoms. The van der Waals surface area contributed by atoms with E-state index in [2.05, 4.69) is 5.32 Å². The second-order valence-electron chi connectivity index (χ2n) is 8.99. The molecule has 0 spiro atoms. The quantitative estimate of drug-likeness (QED) is 0.642. The minimum atomic E-state index is -1.15. The van der Waals surface area contributed by atoms with Gasteiger partial charge in [0.05, 0.1) is 19.4 Å². The maximum absolute atomic E-state index is 13.3. The van der Waals surface area contributed by atoms with Crippen molar-refractivity contribution in [1.29, 1.82) is 0 Å². The van der Waals surface area contributed by atoms with Gasteiger partial charge >= 0.3 is 11.9 Å². The summed E-state index contributed by atoms with van der Waals surface area (Å²) in [4.78, 5) is 49.8. The van der Waals surface area contributed by atoms with E-state index >= 15 is 0 Å². The second-order valence-corrected chi connectivity index (χ2v) is 8.99. The number of methoxy groups -OCH3 is 1. The zero-order valence-corrected chi connectivity index (χ0v) is 19.6. The van der Waals surface area contributed by atoms with Crippen LogP contribution in [0.4, 0.5) is 0 Å². The van der Waals surface area contributed by atoms with Crippen LogP contribution in [-0.2, 0) is 30.3 Å². The van der Waals surface area contributed by atoms with Gasteiger partial charge in [-0.05, 0) is 24.8 Å². The van der Waals surface area contributed by atoms with Crippen molar-refractivity contribution in [2.75, 3.05) is 7.11 Å². The van der Waals surface area contributed by atoms with Gasteiger partial charge in [0.25, 0.3) is 0 Å². The zero-order chi connectivity index (χ0) is 24.1. The third-order valence-corrected chi connectivity index (χ3v) is 6.37. The molecule has 7 nitrogen and oxygen atoms in total. The van der Waals surface area contributed by atoms with Gasteiger partial charge in [-0.2, -0.15) is 0 Å². The van der Waals surface area contributed by atoms with E-state index in [9.17, 15) is 24.3 Å². The van der Waals surface area contributed by atoms with Gasteiger partial charge in [0, 0.05) is 12.3 Å². The number of hydrogen-bond acceptors (Lipinski definition) is 5. The summed E-state index contributed by atoms with van der Waals surface area (Å²) in [6, 6.07) is 8.92. The normalized spacial score (nSPS) is 24.0. The van der Waals surface area contributed by atoms with E-state index in [1.165, 1.54) is 7.11 Å². The molecule has 2 rings (SSSR count). The van der Waals surface area contributed by atoms with Crippen molar-refractivity contribution in [3.63, 3.8) is 0 Å². The molecule has 1 saturated heterocycles. The van der Waals surface area contributed by atoms with E-state index in [1.807, 2.05) is 30.3 Å². The molecule has 33 heavy (non-hydrogen) atoms. The standard InChI is InChI=1S/C26H37NO6/c1-33-26(32)22-15-11-6-4-2-3-5-10-14-20(16-19-12-8-7-9-13-19)23(28)17-21(18-24(29)30)25(31)27-22/h7-9,12-13,20-22H,2-6,10-11,14-18H2,1H3,(H,27,31)(H,29,30)/t20-,21-,22-/m0/s1. The summed E-state index contributed by atoms with van der Waals surface area (Å²) in [6.45, 7) is 0. The van der Waals surface area contributed by atoms with Gasteiger partial charge in [0.2, 0.25) is 5.91 Å². The Hall–Kier alpha value is -2.70. The number of ether oxygens (including phenoxy) is 1. The molecule has 0 aromatic heterocycles. The maximum atomic E-state index is 13.3. The summed E-state index contributed by atoms with van der Waals surface area (Å²) in [7, 11) is 1.26. The number of Topliss-reactive ketones (excluding diaryl/α,β-unsaturated/α-hetero) is 1. The molecule has 1 heterocycles. The molecule has 3 atom stereocenters. The van der Waals surface area contributed by atoms with Crippen molar-refractivity contribution in [1.82, 2.24) is 5.32 Å². The predicted molar refractivity (Wildman–Crippen MR) is 125 cm³/mol. The Morgan fingerprint density at radius 2 is 1.55 bits per heavy atom. The molecule has 182 valence electrons. The number of hydrogen-bond donors (Lipinski definition) is 2. The number of carbonyl (C=O) groups is 4. The molecule has 0 aliphatic carbocycles. The lowest BCUT2D eigenvalue weighted by Gasteiger charge is -2.23. The lowest BCUT2D eigenvalue weighted by Crippen LogP contribution is -2.45. The summed E-state index contributed by atoms with van der Waals surface area (Å²) in [5, 5.41) is 12.0. The van der Waals surface area contributed by atoms with Crippen molar-refractivity contribution in [3.05, 3.63) is 35.9 Å². The van der Waals surface area contributed by atoms with Crippen LogP contribution in [0.25, 0.3) is 0 Å². The summed E-state index contributed by atoms with van der Waals surface area (Å²) < 4.78 is 4.83. The highest BCUT2D eigenvalue weighted by Gasteiger charge is 2.31. The van der Waals surface area contributed by atoms with Gasteiger partial charge in [-0.15, -0.1) is 0 Å². The molecule has 1 aromatic carbocycles. The Morgan fingerprint density at radius 3 is 2.15 bits per heavy atom. The van der Waals surface area contributed by atoms with Crippen LogP contribution in [0.15, 0.2) is 30.3 Å². The van der Waals surface area contributed by atoms with E-state index in [1.54, 1.807) is 0 Å². The van der Waals surface area contributed by atoms with Crippen LogP contribution in [0.1, 0.15) is 76.2 Å². The van der Waals surface area contributed by atoms with E-state index in [0.29, 0.717) is 12.8 Å². The number of carboxylic acids is 1. The molecular formula is C26H37NO6. The number of ketones is 1. The first kappa shape index (κ1) is 26.6. The molecule has 1 aliphatic heterocycles. The van der Waals surface area contributed by atoms with Crippen LogP contribution in [0.3, 0.4) is 0 Å². The predicted octanol–water partition coefficient (Wildman–Crippen LogP) is 4.08. The third kappa shape index (κ3) is 9.76. The van der Waals surface area contributed by atoms with Gasteiger partial charge in [0.1, 0.15) is 11.8 Å². The lowest BCUT2D eigenvalue weighted by molar-refractivity contribution is -0.146. The molecule has 0 bridgehead atoms. The summed E-state index contributed by atoms with van der Waals surface area (Å²) >= 11 is 0. The first-order valence-electron chi connectivity index (χ1n) is 12.1. The molecule has 0 saturated carbocycles. The van der Waals surface area contributed by atoms with Crippen LogP contribution in [0, 0.1) is 11.8 Å². The van der Waals surface area contributed by atoms with Crippen molar-refractivity contribution < 1.29 is 29.0 Å². The number of benzene rings is 1. The summed E-state index contributed by atoms with van der Waals surface area (Å²) in [5.74, 6) is -3.65. The molecule has 2 N–H and O–H groups in total. The number of nitrogens with one attached hydrogen (secondary N) is 1.